The van der Waals surface area contributed by atoms with E-state index in [2.05, 4.69) is 20.9 Å². The second-order valence-electron chi connectivity index (χ2n) is 4.46. The molecule has 0 bridgehead atoms. The molecule has 0 radical (unpaired) electrons. The van der Waals surface area contributed by atoms with E-state index in [4.69, 9.17) is 5.73 Å². The number of rotatable bonds is 4. The fourth-order valence-electron chi connectivity index (χ4n) is 1.91. The number of aliphatic imine (C=N–C) groups is 1. The Morgan fingerprint density at radius 1 is 1.58 bits per heavy atom. The van der Waals surface area contributed by atoms with E-state index in [-0.39, 0.29) is 5.91 Å². The van der Waals surface area contributed by atoms with Gasteiger partial charge in [-0.25, -0.2) is 0 Å². The van der Waals surface area contributed by atoms with Crippen LogP contribution in [0.5, 0.6) is 0 Å². The lowest BCUT2D eigenvalue weighted by Crippen LogP contribution is -2.43. The Kier molecular flexibility index (Phi) is 4.27. The van der Waals surface area contributed by atoms with Gasteiger partial charge in [0.2, 0.25) is 0 Å². The van der Waals surface area contributed by atoms with Gasteiger partial charge in [-0.2, -0.15) is 0 Å². The molecule has 0 saturated carbocycles. The summed E-state index contributed by atoms with van der Waals surface area (Å²) in [5.41, 5.74) is 6.78. The highest BCUT2D eigenvalue weighted by Crippen LogP contribution is 2.07. The predicted octanol–water partition coefficient (Wildman–Crippen LogP) is -0.724. The monoisotopic (exact) mass is 264 g/mol. The highest BCUT2D eigenvalue weighted by Gasteiger charge is 2.10. The zero-order valence-electron chi connectivity index (χ0n) is 11.1. The van der Waals surface area contributed by atoms with Crippen molar-refractivity contribution < 1.29 is 4.79 Å². The number of amides is 1. The number of hydrogen-bond donors (Lipinski definition) is 4. The van der Waals surface area contributed by atoms with E-state index < -0.39 is 0 Å². The summed E-state index contributed by atoms with van der Waals surface area (Å²) in [6.07, 6.45) is 2.78. The summed E-state index contributed by atoms with van der Waals surface area (Å²) in [6, 6.07) is 1.66. The van der Waals surface area contributed by atoms with E-state index in [1.54, 1.807) is 23.9 Å². The number of nitrogens with two attached hydrogens (primary N) is 1. The first-order valence-electron chi connectivity index (χ1n) is 6.39. The van der Waals surface area contributed by atoms with Crippen LogP contribution in [0.3, 0.4) is 0 Å². The maximum atomic E-state index is 11.9. The van der Waals surface area contributed by atoms with Crippen LogP contribution in [0.1, 0.15) is 16.9 Å². The molecule has 0 unspecified atom stereocenters. The number of aromatic nitrogens is 1. The molecule has 5 N–H and O–H groups in total. The van der Waals surface area contributed by atoms with E-state index in [1.807, 2.05) is 0 Å². The van der Waals surface area contributed by atoms with Gasteiger partial charge in [-0.3, -0.25) is 9.79 Å². The van der Waals surface area contributed by atoms with E-state index in [1.165, 1.54) is 0 Å². The van der Waals surface area contributed by atoms with Crippen molar-refractivity contribution in [3.8, 4) is 0 Å². The Bertz CT molecular complexity index is 479. The predicted molar refractivity (Wildman–Crippen MR) is 75.1 cm³/mol. The Labute approximate surface area is 112 Å². The van der Waals surface area contributed by atoms with Gasteiger partial charge in [-0.05, 0) is 12.5 Å². The fourth-order valence-corrected chi connectivity index (χ4v) is 1.91. The van der Waals surface area contributed by atoms with Crippen molar-refractivity contribution >= 4 is 17.6 Å². The minimum Gasteiger partial charge on any atom is -0.397 e. The van der Waals surface area contributed by atoms with Crippen molar-refractivity contribution in [3.63, 3.8) is 0 Å². The Hall–Kier alpha value is -2.18. The summed E-state index contributed by atoms with van der Waals surface area (Å²) in [5, 5.41) is 9.13. The molecule has 0 spiro atoms. The molecule has 2 heterocycles. The molecule has 1 aromatic heterocycles. The molecule has 1 aliphatic heterocycles. The van der Waals surface area contributed by atoms with Crippen molar-refractivity contribution in [1.29, 1.82) is 0 Å². The summed E-state index contributed by atoms with van der Waals surface area (Å²) >= 11 is 0. The summed E-state index contributed by atoms with van der Waals surface area (Å²) in [7, 11) is 1.80. The highest BCUT2D eigenvalue weighted by atomic mass is 16.1. The lowest BCUT2D eigenvalue weighted by atomic mass is 10.4. The Balaban J connectivity index is 1.72. The number of carbonyl (C=O) groups is 1. The number of hydrogen-bond acceptors (Lipinski definition) is 5. The molecule has 0 atom stereocenters. The molecule has 0 aliphatic carbocycles. The topological polar surface area (TPSA) is 96.5 Å². The van der Waals surface area contributed by atoms with Crippen molar-refractivity contribution in [2.24, 2.45) is 12.0 Å². The number of nitrogen functional groups attached to an aromatic ring is 1. The van der Waals surface area contributed by atoms with Crippen molar-refractivity contribution in [3.05, 3.63) is 18.0 Å². The smallest absolute Gasteiger partial charge is 0.268 e. The quantitative estimate of drug-likeness (QED) is 0.539. The van der Waals surface area contributed by atoms with Crippen LogP contribution in [0.25, 0.3) is 0 Å². The number of nitrogens with zero attached hydrogens (tertiary/aromatic N) is 2. The summed E-state index contributed by atoms with van der Waals surface area (Å²) in [4.78, 5) is 16.2. The summed E-state index contributed by atoms with van der Waals surface area (Å²) in [6.45, 7) is 2.97. The van der Waals surface area contributed by atoms with Crippen LogP contribution in [0.2, 0.25) is 0 Å². The van der Waals surface area contributed by atoms with Crippen LogP contribution in [-0.4, -0.2) is 42.6 Å². The molecule has 1 amide bonds. The van der Waals surface area contributed by atoms with E-state index >= 15 is 0 Å². The van der Waals surface area contributed by atoms with E-state index in [0.29, 0.717) is 24.5 Å². The van der Waals surface area contributed by atoms with E-state index in [0.717, 1.165) is 25.5 Å². The maximum Gasteiger partial charge on any atom is 0.268 e. The summed E-state index contributed by atoms with van der Waals surface area (Å²) in [5.74, 6) is 0.683. The molecule has 2 rings (SSSR count). The zero-order valence-corrected chi connectivity index (χ0v) is 11.1. The Morgan fingerprint density at radius 2 is 2.42 bits per heavy atom. The minimum atomic E-state index is -0.125. The van der Waals surface area contributed by atoms with Crippen molar-refractivity contribution in [1.82, 2.24) is 20.5 Å². The highest BCUT2D eigenvalue weighted by molar-refractivity contribution is 5.93. The number of carbonyl (C=O) groups excluding carboxylic acids is 1. The summed E-state index contributed by atoms with van der Waals surface area (Å²) < 4.78 is 1.71. The molecular formula is C12H20N6O. The normalized spacial score (nSPS) is 14.5. The van der Waals surface area contributed by atoms with Crippen LogP contribution in [0.15, 0.2) is 17.3 Å². The van der Waals surface area contributed by atoms with Crippen LogP contribution < -0.4 is 21.7 Å². The molecule has 0 fully saturated rings. The number of aryl methyl sites for hydroxylation is 1. The molecule has 0 aromatic carbocycles. The van der Waals surface area contributed by atoms with Gasteiger partial charge in [0.25, 0.3) is 5.91 Å². The molecule has 1 aliphatic rings. The maximum absolute atomic E-state index is 11.9. The lowest BCUT2D eigenvalue weighted by Gasteiger charge is -2.16. The number of guanidine groups is 1. The van der Waals surface area contributed by atoms with Crippen molar-refractivity contribution in [2.75, 3.05) is 31.9 Å². The SMILES string of the molecule is Cn1cc(N)cc1C(=O)NCCNC1=NCCCN1. The van der Waals surface area contributed by atoms with Gasteiger partial charge in [0.05, 0.1) is 5.69 Å². The minimum absolute atomic E-state index is 0.125. The fraction of sp³-hybridized carbons (Fsp3) is 0.500. The molecule has 0 saturated heterocycles. The molecule has 1 aromatic rings. The molecule has 7 heteroatoms. The average Bonchev–Trinajstić information content (AvgIpc) is 2.75. The van der Waals surface area contributed by atoms with Gasteiger partial charge in [-0.1, -0.05) is 0 Å². The first-order chi connectivity index (χ1) is 9.16. The van der Waals surface area contributed by atoms with Gasteiger partial charge in [0.1, 0.15) is 5.69 Å². The lowest BCUT2D eigenvalue weighted by molar-refractivity contribution is 0.0946. The van der Waals surface area contributed by atoms with Crippen LogP contribution in [-0.2, 0) is 7.05 Å². The first-order valence-corrected chi connectivity index (χ1v) is 6.39. The van der Waals surface area contributed by atoms with Gasteiger partial charge < -0.3 is 26.3 Å². The molecule has 19 heavy (non-hydrogen) atoms. The van der Waals surface area contributed by atoms with Crippen LogP contribution in [0, 0.1) is 0 Å². The first kappa shape index (κ1) is 13.3. The van der Waals surface area contributed by atoms with Gasteiger partial charge in [0.15, 0.2) is 5.96 Å². The number of nitrogens with one attached hydrogen (secondary N) is 3. The van der Waals surface area contributed by atoms with E-state index in [9.17, 15) is 4.79 Å². The third kappa shape index (κ3) is 3.64. The molecule has 104 valence electrons. The number of anilines is 1. The third-order valence-electron chi connectivity index (χ3n) is 2.86. The third-order valence-corrected chi connectivity index (χ3v) is 2.86. The zero-order chi connectivity index (χ0) is 13.7. The standard InChI is InChI=1S/C12H20N6O/c1-18-8-9(13)7-10(18)11(19)14-5-6-17-12-15-3-2-4-16-12/h7-8H,2-6,13H2,1H3,(H,14,19)(H2,15,16,17). The van der Waals surface area contributed by atoms with Gasteiger partial charge >= 0.3 is 0 Å². The second kappa shape index (κ2) is 6.12. The average molecular weight is 264 g/mol. The van der Waals surface area contributed by atoms with Gasteiger partial charge in [0, 0.05) is 39.4 Å². The van der Waals surface area contributed by atoms with Crippen LogP contribution >= 0.6 is 0 Å². The second-order valence-corrected chi connectivity index (χ2v) is 4.46. The molecule has 7 nitrogen and oxygen atoms in total. The van der Waals surface area contributed by atoms with Crippen molar-refractivity contribution in [2.45, 2.75) is 6.42 Å². The molecular weight excluding hydrogens is 244 g/mol. The van der Waals surface area contributed by atoms with Crippen LogP contribution in [0.4, 0.5) is 5.69 Å². The largest absolute Gasteiger partial charge is 0.397 e. The van der Waals surface area contributed by atoms with Gasteiger partial charge in [-0.15, -0.1) is 0 Å². The Morgan fingerprint density at radius 3 is 3.05 bits per heavy atom.